The summed E-state index contributed by atoms with van der Waals surface area (Å²) >= 11 is 0. The molecular weight excluding hydrogens is 372 g/mol. The van der Waals surface area contributed by atoms with E-state index in [1.807, 2.05) is 29.0 Å². The van der Waals surface area contributed by atoms with Crippen LogP contribution in [0.3, 0.4) is 0 Å². The van der Waals surface area contributed by atoms with Crippen molar-refractivity contribution >= 4 is 38.6 Å². The zero-order chi connectivity index (χ0) is 19.4. The van der Waals surface area contributed by atoms with Crippen LogP contribution in [0, 0.1) is 6.92 Å². The van der Waals surface area contributed by atoms with E-state index in [1.54, 1.807) is 25.1 Å². The Hall–Kier alpha value is -3.47. The molecule has 3 aromatic rings. The monoisotopic (exact) mass is 388 g/mol. The van der Waals surface area contributed by atoms with Crippen molar-refractivity contribution in [3.05, 3.63) is 48.3 Å². The lowest BCUT2D eigenvalue weighted by atomic mass is 10.1. The number of urea groups is 1. The Morgan fingerprint density at radius 3 is 2.52 bits per heavy atom. The van der Waals surface area contributed by atoms with Gasteiger partial charge in [-0.3, -0.25) is 10.0 Å². The molecule has 0 unspecified atom stereocenters. The lowest BCUT2D eigenvalue weighted by molar-refractivity contribution is 0.256. The van der Waals surface area contributed by atoms with Crippen LogP contribution in [0.15, 0.2) is 42.5 Å². The smallest absolute Gasteiger partial charge is 0.336 e. The SMILES string of the molecule is COc1nc(C)nc(NC(=O)NS(=O)(=O)Nc2ccc3ccccc3c2)n1. The summed E-state index contributed by atoms with van der Waals surface area (Å²) < 4.78 is 33.3. The maximum Gasteiger partial charge on any atom is 0.336 e. The third-order valence-corrected chi connectivity index (χ3v) is 4.32. The van der Waals surface area contributed by atoms with Gasteiger partial charge in [0.1, 0.15) is 5.82 Å². The molecule has 140 valence electrons. The summed E-state index contributed by atoms with van der Waals surface area (Å²) in [6.07, 6.45) is 0. The van der Waals surface area contributed by atoms with Crippen molar-refractivity contribution in [2.75, 3.05) is 17.1 Å². The van der Waals surface area contributed by atoms with Crippen molar-refractivity contribution in [3.8, 4) is 6.01 Å². The Morgan fingerprint density at radius 1 is 1.04 bits per heavy atom. The fraction of sp³-hybridized carbons (Fsp3) is 0.125. The molecule has 0 aliphatic rings. The number of ether oxygens (including phenoxy) is 1. The van der Waals surface area contributed by atoms with Gasteiger partial charge in [0.25, 0.3) is 0 Å². The Kier molecular flexibility index (Phi) is 5.03. The molecule has 11 heteroatoms. The van der Waals surface area contributed by atoms with Crippen LogP contribution >= 0.6 is 0 Å². The van der Waals surface area contributed by atoms with Gasteiger partial charge in [-0.25, -0.2) is 9.52 Å². The number of anilines is 2. The highest BCUT2D eigenvalue weighted by molar-refractivity contribution is 7.91. The number of fused-ring (bicyclic) bond motifs is 1. The van der Waals surface area contributed by atoms with Crippen LogP contribution in [0.4, 0.5) is 16.4 Å². The second kappa shape index (κ2) is 7.41. The molecule has 2 aromatic carbocycles. The number of carbonyl (C=O) groups is 1. The van der Waals surface area contributed by atoms with Crippen molar-refractivity contribution in [1.29, 1.82) is 0 Å². The fourth-order valence-electron chi connectivity index (χ4n) is 2.29. The highest BCUT2D eigenvalue weighted by Gasteiger charge is 2.16. The summed E-state index contributed by atoms with van der Waals surface area (Å²) in [6.45, 7) is 1.57. The lowest BCUT2D eigenvalue weighted by Gasteiger charge is -2.11. The first-order chi connectivity index (χ1) is 12.8. The number of carbonyl (C=O) groups excluding carboxylic acids is 1. The number of amides is 2. The number of nitrogens with zero attached hydrogens (tertiary/aromatic N) is 3. The van der Waals surface area contributed by atoms with E-state index >= 15 is 0 Å². The number of aromatic nitrogens is 3. The molecule has 1 heterocycles. The molecular formula is C16H16N6O4S. The van der Waals surface area contributed by atoms with E-state index in [2.05, 4.69) is 25.0 Å². The summed E-state index contributed by atoms with van der Waals surface area (Å²) in [4.78, 5) is 23.5. The van der Waals surface area contributed by atoms with Crippen LogP contribution in [0.5, 0.6) is 6.01 Å². The van der Waals surface area contributed by atoms with Gasteiger partial charge in [0.15, 0.2) is 0 Å². The first kappa shape index (κ1) is 18.3. The van der Waals surface area contributed by atoms with Crippen molar-refractivity contribution in [2.24, 2.45) is 0 Å². The zero-order valence-electron chi connectivity index (χ0n) is 14.4. The van der Waals surface area contributed by atoms with Crippen LogP contribution in [-0.2, 0) is 10.2 Å². The Bertz CT molecular complexity index is 1100. The molecule has 3 N–H and O–H groups in total. The minimum absolute atomic E-state index is 0.00468. The average molecular weight is 388 g/mol. The second-order valence-corrected chi connectivity index (χ2v) is 6.83. The number of rotatable bonds is 5. The topological polar surface area (TPSA) is 135 Å². The maximum absolute atomic E-state index is 12.2. The molecule has 2 amide bonds. The Labute approximate surface area is 155 Å². The van der Waals surface area contributed by atoms with E-state index in [0.29, 0.717) is 11.5 Å². The second-order valence-electron chi connectivity index (χ2n) is 5.42. The van der Waals surface area contributed by atoms with E-state index in [-0.39, 0.29) is 12.0 Å². The molecule has 0 saturated carbocycles. The van der Waals surface area contributed by atoms with Gasteiger partial charge in [-0.15, -0.1) is 0 Å². The first-order valence-corrected chi connectivity index (χ1v) is 9.20. The summed E-state index contributed by atoms with van der Waals surface area (Å²) in [5.74, 6) is 0.159. The summed E-state index contributed by atoms with van der Waals surface area (Å²) in [7, 11) is -2.81. The molecule has 0 fully saturated rings. The number of hydrogen-bond donors (Lipinski definition) is 3. The van der Waals surface area contributed by atoms with Gasteiger partial charge < -0.3 is 4.74 Å². The van der Waals surface area contributed by atoms with Gasteiger partial charge in [0.05, 0.1) is 12.8 Å². The van der Waals surface area contributed by atoms with E-state index in [1.165, 1.54) is 7.11 Å². The number of hydrogen-bond acceptors (Lipinski definition) is 7. The summed E-state index contributed by atoms with van der Waals surface area (Å²) in [5, 5.41) is 4.04. The average Bonchev–Trinajstić information content (AvgIpc) is 2.60. The molecule has 3 rings (SSSR count). The first-order valence-electron chi connectivity index (χ1n) is 7.72. The highest BCUT2D eigenvalue weighted by Crippen LogP contribution is 2.19. The molecule has 0 aliphatic heterocycles. The number of aryl methyl sites for hydroxylation is 1. The van der Waals surface area contributed by atoms with Gasteiger partial charge in [-0.1, -0.05) is 30.3 Å². The largest absolute Gasteiger partial charge is 0.467 e. The summed E-state index contributed by atoms with van der Waals surface area (Å²) in [6, 6.07) is 11.5. The molecule has 1 aromatic heterocycles. The van der Waals surface area contributed by atoms with Crippen molar-refractivity contribution in [1.82, 2.24) is 19.7 Å². The Morgan fingerprint density at radius 2 is 1.78 bits per heavy atom. The number of benzene rings is 2. The molecule has 0 atom stereocenters. The predicted octanol–water partition coefficient (Wildman–Crippen LogP) is 1.82. The van der Waals surface area contributed by atoms with Crippen LogP contribution in [-0.4, -0.2) is 36.5 Å². The number of nitrogens with one attached hydrogen (secondary N) is 3. The minimum Gasteiger partial charge on any atom is -0.467 e. The summed E-state index contributed by atoms with van der Waals surface area (Å²) in [5.41, 5.74) is 0.312. The third-order valence-electron chi connectivity index (χ3n) is 3.36. The van der Waals surface area contributed by atoms with E-state index < -0.39 is 16.2 Å². The van der Waals surface area contributed by atoms with Crippen LogP contribution in [0.1, 0.15) is 5.82 Å². The quantitative estimate of drug-likeness (QED) is 0.606. The normalized spacial score (nSPS) is 11.0. The zero-order valence-corrected chi connectivity index (χ0v) is 15.2. The molecule has 27 heavy (non-hydrogen) atoms. The van der Waals surface area contributed by atoms with Crippen molar-refractivity contribution in [2.45, 2.75) is 6.92 Å². The van der Waals surface area contributed by atoms with E-state index in [0.717, 1.165) is 10.8 Å². The van der Waals surface area contributed by atoms with Gasteiger partial charge in [0, 0.05) is 0 Å². The number of methoxy groups -OCH3 is 1. The predicted molar refractivity (Wildman–Crippen MR) is 99.8 cm³/mol. The molecule has 0 bridgehead atoms. The maximum atomic E-state index is 12.2. The van der Waals surface area contributed by atoms with Crippen molar-refractivity contribution < 1.29 is 17.9 Å². The van der Waals surface area contributed by atoms with E-state index in [9.17, 15) is 13.2 Å². The van der Waals surface area contributed by atoms with Crippen LogP contribution in [0.2, 0.25) is 0 Å². The van der Waals surface area contributed by atoms with Crippen LogP contribution < -0.4 is 19.5 Å². The Balaban J connectivity index is 1.69. The van der Waals surface area contributed by atoms with Gasteiger partial charge in [-0.05, 0) is 29.8 Å². The fourth-order valence-corrected chi connectivity index (χ4v) is 3.07. The van der Waals surface area contributed by atoms with E-state index in [4.69, 9.17) is 4.74 Å². The van der Waals surface area contributed by atoms with Crippen LogP contribution in [0.25, 0.3) is 10.8 Å². The molecule has 0 aliphatic carbocycles. The van der Waals surface area contributed by atoms with Gasteiger partial charge >= 0.3 is 22.3 Å². The van der Waals surface area contributed by atoms with Gasteiger partial charge in [0.2, 0.25) is 5.95 Å². The minimum atomic E-state index is -4.16. The highest BCUT2D eigenvalue weighted by atomic mass is 32.2. The molecule has 0 spiro atoms. The van der Waals surface area contributed by atoms with Crippen molar-refractivity contribution in [3.63, 3.8) is 0 Å². The third kappa shape index (κ3) is 4.79. The lowest BCUT2D eigenvalue weighted by Crippen LogP contribution is -2.38. The molecule has 10 nitrogen and oxygen atoms in total. The van der Waals surface area contributed by atoms with Gasteiger partial charge in [-0.2, -0.15) is 23.4 Å². The molecule has 0 saturated heterocycles. The standard InChI is InChI=1S/C16H16N6O4S/c1-10-17-14(20-16(18-10)26-2)19-15(23)22-27(24,25)21-13-8-7-11-5-3-4-6-12(11)9-13/h3-9,21H,1-2H3,(H2,17,18,19,20,22,23). The molecule has 0 radical (unpaired) electrons.